The van der Waals surface area contributed by atoms with Crippen LogP contribution in [0.2, 0.25) is 0 Å². The van der Waals surface area contributed by atoms with Gasteiger partial charge in [0.15, 0.2) is 0 Å². The molecule has 0 bridgehead atoms. The van der Waals surface area contributed by atoms with E-state index in [2.05, 4.69) is 132 Å². The minimum Gasteiger partial charge on any atom is -0.311 e. The van der Waals surface area contributed by atoms with Gasteiger partial charge in [0.2, 0.25) is 0 Å². The molecule has 0 unspecified atom stereocenters. The quantitative estimate of drug-likeness (QED) is 0.106. The van der Waals surface area contributed by atoms with Crippen molar-refractivity contribution in [3.8, 4) is 18.4 Å². The molecule has 2 aromatic heterocycles. The fraction of sp³-hybridized carbons (Fsp3) is 0.114. The van der Waals surface area contributed by atoms with Gasteiger partial charge >= 0.3 is 0 Å². The normalized spacial score (nSPS) is 14.4. The van der Waals surface area contributed by atoms with Gasteiger partial charge in [0, 0.05) is 33.1 Å². The van der Waals surface area contributed by atoms with Crippen LogP contribution in [0.1, 0.15) is 44.0 Å². The molecule has 3 nitrogen and oxygen atoms in total. The summed E-state index contributed by atoms with van der Waals surface area (Å²) >= 11 is 0. The zero-order chi connectivity index (χ0) is 32.7. The van der Waals surface area contributed by atoms with E-state index in [9.17, 15) is 5.26 Å². The summed E-state index contributed by atoms with van der Waals surface area (Å²) < 4.78 is 4.67. The van der Waals surface area contributed by atoms with Crippen molar-refractivity contribution in [1.29, 1.82) is 5.26 Å². The van der Waals surface area contributed by atoms with Crippen molar-refractivity contribution in [2.75, 3.05) is 0 Å². The van der Waals surface area contributed by atoms with E-state index in [1.807, 2.05) is 32.1 Å². The molecule has 0 amide bonds. The minimum absolute atomic E-state index is 0.320. The Morgan fingerprint density at radius 2 is 1.64 bits per heavy atom. The highest BCUT2D eigenvalue weighted by Gasteiger charge is 2.25. The van der Waals surface area contributed by atoms with Crippen molar-refractivity contribution in [3.05, 3.63) is 144 Å². The number of aromatic nitrogens is 2. The van der Waals surface area contributed by atoms with Gasteiger partial charge in [0.1, 0.15) is 11.6 Å². The topological polar surface area (TPSA) is 33.6 Å². The molecule has 0 atom stereocenters. The predicted molar refractivity (Wildman–Crippen MR) is 201 cm³/mol. The van der Waals surface area contributed by atoms with E-state index in [0.29, 0.717) is 5.57 Å². The maximum absolute atomic E-state index is 10.2. The number of fused-ring (bicyclic) bond motifs is 8. The summed E-state index contributed by atoms with van der Waals surface area (Å²) in [5, 5.41) is 16.3. The second-order valence-electron chi connectivity index (χ2n) is 11.9. The van der Waals surface area contributed by atoms with Crippen molar-refractivity contribution in [1.82, 2.24) is 9.13 Å². The number of aryl methyl sites for hydroxylation is 1. The molecule has 0 spiro atoms. The number of hydrogen-bond acceptors (Lipinski definition) is 1. The first-order valence-electron chi connectivity index (χ1n) is 16.0. The summed E-state index contributed by atoms with van der Waals surface area (Å²) in [6, 6.07) is 30.5. The van der Waals surface area contributed by atoms with Crippen molar-refractivity contribution >= 4 is 66.5 Å². The molecule has 0 radical (unpaired) electrons. The molecule has 0 aliphatic heterocycles. The third kappa shape index (κ3) is 4.68. The Kier molecular flexibility index (Phi) is 7.61. The van der Waals surface area contributed by atoms with E-state index < -0.39 is 0 Å². The van der Waals surface area contributed by atoms with Gasteiger partial charge in [-0.2, -0.15) is 5.26 Å². The van der Waals surface area contributed by atoms with Crippen LogP contribution in [0, 0.1) is 23.7 Å². The molecular weight excluding hydrogens is 571 g/mol. The largest absolute Gasteiger partial charge is 0.311 e. The summed E-state index contributed by atoms with van der Waals surface area (Å²) in [6.07, 6.45) is 20.4. The zero-order valence-electron chi connectivity index (χ0n) is 27.0. The zero-order valence-corrected chi connectivity index (χ0v) is 27.0. The summed E-state index contributed by atoms with van der Waals surface area (Å²) in [5.41, 5.74) is 10.9. The van der Waals surface area contributed by atoms with Crippen LogP contribution < -0.4 is 0 Å². The van der Waals surface area contributed by atoms with E-state index in [0.717, 1.165) is 63.2 Å². The first-order chi connectivity index (χ1) is 23.0. The molecule has 2 heterocycles. The van der Waals surface area contributed by atoms with E-state index in [1.54, 1.807) is 0 Å². The number of para-hydroxylation sites is 1. The minimum atomic E-state index is 0.320. The Balaban J connectivity index is 1.64. The lowest BCUT2D eigenvalue weighted by Gasteiger charge is -2.21. The first kappa shape index (κ1) is 29.7. The molecule has 0 fully saturated rings. The lowest BCUT2D eigenvalue weighted by atomic mass is 9.97. The van der Waals surface area contributed by atoms with Crippen LogP contribution in [0.5, 0.6) is 0 Å². The molecule has 0 saturated carbocycles. The second-order valence-corrected chi connectivity index (χ2v) is 11.9. The Morgan fingerprint density at radius 1 is 0.894 bits per heavy atom. The average Bonchev–Trinajstić information content (AvgIpc) is 3.62. The lowest BCUT2D eigenvalue weighted by molar-refractivity contribution is 0.969. The van der Waals surface area contributed by atoms with Gasteiger partial charge in [-0.15, -0.1) is 6.42 Å². The number of nitriles is 1. The first-order valence-corrected chi connectivity index (χ1v) is 16.0. The summed E-state index contributed by atoms with van der Waals surface area (Å²) in [7, 11) is 0. The van der Waals surface area contributed by atoms with Gasteiger partial charge in [-0.1, -0.05) is 97.5 Å². The summed E-state index contributed by atoms with van der Waals surface area (Å²) in [6.45, 7) is 10.2. The molecule has 47 heavy (non-hydrogen) atoms. The molecule has 0 saturated heterocycles. The molecule has 4 aromatic carbocycles. The van der Waals surface area contributed by atoms with Crippen LogP contribution in [-0.4, -0.2) is 9.13 Å². The fourth-order valence-corrected chi connectivity index (χ4v) is 7.29. The van der Waals surface area contributed by atoms with E-state index >= 15 is 0 Å². The van der Waals surface area contributed by atoms with E-state index in [-0.39, 0.29) is 0 Å². The van der Waals surface area contributed by atoms with Crippen molar-refractivity contribution < 1.29 is 0 Å². The van der Waals surface area contributed by atoms with Gasteiger partial charge in [-0.25, -0.2) is 0 Å². The average molecular weight is 606 g/mol. The Bertz CT molecular complexity index is 2500. The number of nitrogens with zero attached hydrogens (tertiary/aromatic N) is 3. The summed E-state index contributed by atoms with van der Waals surface area (Å²) in [4.78, 5) is 0. The fourth-order valence-electron chi connectivity index (χ4n) is 7.29. The van der Waals surface area contributed by atoms with E-state index in [4.69, 9.17) is 6.42 Å². The van der Waals surface area contributed by atoms with Crippen molar-refractivity contribution in [2.45, 2.75) is 33.6 Å². The monoisotopic (exact) mass is 605 g/mol. The smallest absolute Gasteiger partial charge is 0.109 e. The van der Waals surface area contributed by atoms with Crippen LogP contribution in [0.3, 0.4) is 0 Å². The molecule has 0 N–H and O–H groups in total. The van der Waals surface area contributed by atoms with Gasteiger partial charge in [-0.3, -0.25) is 0 Å². The van der Waals surface area contributed by atoms with Crippen molar-refractivity contribution in [3.63, 3.8) is 0 Å². The molecule has 226 valence electrons. The van der Waals surface area contributed by atoms with Crippen molar-refractivity contribution in [2.24, 2.45) is 0 Å². The Labute approximate surface area is 276 Å². The SMILES string of the molecule is C#C/C(C#N)=C(C)\C(=C(/C)n1c2ccccc2c2c3ccccc3ccc21)n1c2c(c3cc(/C(C=C)=C/C=C\C)ccc31)CCC=C2. The third-order valence-corrected chi connectivity index (χ3v) is 9.42. The highest BCUT2D eigenvalue weighted by Crippen LogP contribution is 2.42. The summed E-state index contributed by atoms with van der Waals surface area (Å²) in [5.74, 6) is 2.69. The standard InChI is InChI=1S/C44H35N3/c1-6-9-16-31(7-2)34-24-25-41-38(27-34)36-19-12-14-21-39(36)47(41)44(29(4)32(8-3)28-45)30(5)46-40-22-15-13-20-37(40)43-35-18-11-10-17-33(35)23-26-42(43)46/h3,6-7,9-11,13-18,20-27H,2,12,19H2,1,4-5H3/b9-6-,31-16+,32-29+,44-30-. The molecule has 3 heteroatoms. The third-order valence-electron chi connectivity index (χ3n) is 9.42. The number of terminal acetylenes is 1. The highest BCUT2D eigenvalue weighted by atomic mass is 15.1. The molecule has 1 aliphatic rings. The van der Waals surface area contributed by atoms with Gasteiger partial charge < -0.3 is 9.13 Å². The van der Waals surface area contributed by atoms with Gasteiger partial charge in [0.05, 0.1) is 22.2 Å². The van der Waals surface area contributed by atoms with Gasteiger partial charge in [-0.05, 0) is 91.4 Å². The van der Waals surface area contributed by atoms with Gasteiger partial charge in [0.25, 0.3) is 0 Å². The Hall–Kier alpha value is -6.03. The number of rotatable bonds is 6. The van der Waals surface area contributed by atoms with Crippen LogP contribution in [0.15, 0.2) is 127 Å². The second kappa shape index (κ2) is 12.1. The highest BCUT2D eigenvalue weighted by molar-refractivity contribution is 6.22. The predicted octanol–water partition coefficient (Wildman–Crippen LogP) is 11.3. The Morgan fingerprint density at radius 3 is 2.40 bits per heavy atom. The van der Waals surface area contributed by atoms with E-state index in [1.165, 1.54) is 32.5 Å². The molecule has 1 aliphatic carbocycles. The lowest BCUT2D eigenvalue weighted by Crippen LogP contribution is -2.09. The molecular formula is C44H35N3. The molecule has 6 aromatic rings. The molecule has 7 rings (SSSR count). The van der Waals surface area contributed by atoms with Crippen LogP contribution in [-0.2, 0) is 6.42 Å². The number of allylic oxidation sites excluding steroid dienone is 10. The van der Waals surface area contributed by atoms with Crippen LogP contribution >= 0.6 is 0 Å². The maximum Gasteiger partial charge on any atom is 0.109 e. The maximum atomic E-state index is 10.2. The van der Waals surface area contributed by atoms with Crippen LogP contribution in [0.25, 0.3) is 66.5 Å². The number of hydrogen-bond donors (Lipinski definition) is 0. The van der Waals surface area contributed by atoms with Crippen LogP contribution in [0.4, 0.5) is 0 Å². The number of benzene rings is 4.